The lowest BCUT2D eigenvalue weighted by Gasteiger charge is -2.48. The van der Waals surface area contributed by atoms with E-state index in [-0.39, 0.29) is 29.4 Å². The molecule has 0 bridgehead atoms. The summed E-state index contributed by atoms with van der Waals surface area (Å²) < 4.78 is 26.8. The van der Waals surface area contributed by atoms with Gasteiger partial charge in [-0.15, -0.1) is 0 Å². The van der Waals surface area contributed by atoms with Crippen molar-refractivity contribution in [3.05, 3.63) is 114 Å². The monoisotopic (exact) mass is 486 g/mol. The van der Waals surface area contributed by atoms with Gasteiger partial charge in [0.05, 0.1) is 24.3 Å². The first-order valence-corrected chi connectivity index (χ1v) is 11.7. The maximum Gasteiger partial charge on any atom is 0.233 e. The highest BCUT2D eigenvalue weighted by Gasteiger charge is 2.48. The number of carbonyl (C=O) groups excluding carboxylic acids is 1. The molecule has 0 radical (unpaired) electrons. The Hall–Kier alpha value is -4.10. The van der Waals surface area contributed by atoms with Gasteiger partial charge in [0.25, 0.3) is 0 Å². The molecule has 0 aliphatic carbocycles. The van der Waals surface area contributed by atoms with Crippen molar-refractivity contribution in [2.24, 2.45) is 5.92 Å². The van der Waals surface area contributed by atoms with Crippen LogP contribution in [0.25, 0.3) is 11.1 Å². The zero-order valence-electron chi connectivity index (χ0n) is 19.3. The van der Waals surface area contributed by atoms with Crippen LogP contribution in [0.2, 0.25) is 0 Å². The number of aromatic hydroxyl groups is 1. The number of nitrogens with zero attached hydrogens (tertiary/aromatic N) is 2. The molecule has 2 N–H and O–H groups in total. The van der Waals surface area contributed by atoms with Gasteiger partial charge in [-0.25, -0.2) is 8.78 Å². The van der Waals surface area contributed by atoms with E-state index < -0.39 is 11.9 Å². The third-order valence-electron chi connectivity index (χ3n) is 6.64. The number of rotatable bonds is 7. The number of aliphatic hydroxyl groups is 1. The first-order valence-electron chi connectivity index (χ1n) is 11.7. The van der Waals surface area contributed by atoms with Crippen LogP contribution in [0.5, 0.6) is 5.75 Å². The molecule has 36 heavy (non-hydrogen) atoms. The normalized spacial score (nSPS) is 18.1. The summed E-state index contributed by atoms with van der Waals surface area (Å²) in [7, 11) is 0. The van der Waals surface area contributed by atoms with Crippen LogP contribution in [-0.2, 0) is 4.79 Å². The molecule has 0 unspecified atom stereocenters. The van der Waals surface area contributed by atoms with Crippen LogP contribution in [0.1, 0.15) is 36.1 Å². The number of hydrogen-bond donors (Lipinski definition) is 2. The fourth-order valence-corrected chi connectivity index (χ4v) is 4.74. The molecular formula is C29H24F2N2O3. The summed E-state index contributed by atoms with van der Waals surface area (Å²) in [6, 6.07) is 20.8. The number of hydrogen-bond acceptors (Lipinski definition) is 4. The Morgan fingerprint density at radius 3 is 2.22 bits per heavy atom. The highest BCUT2D eigenvalue weighted by Crippen LogP contribution is 2.46. The molecule has 1 fully saturated rings. The van der Waals surface area contributed by atoms with E-state index in [1.165, 1.54) is 18.2 Å². The van der Waals surface area contributed by atoms with Crippen molar-refractivity contribution >= 4 is 11.6 Å². The van der Waals surface area contributed by atoms with Crippen LogP contribution in [0.15, 0.2) is 91.3 Å². The molecule has 1 aliphatic rings. The van der Waals surface area contributed by atoms with E-state index in [4.69, 9.17) is 0 Å². The third kappa shape index (κ3) is 4.70. The summed E-state index contributed by atoms with van der Waals surface area (Å²) in [5, 5.41) is 20.3. The number of carbonyl (C=O) groups is 1. The Morgan fingerprint density at radius 1 is 0.861 bits per heavy atom. The van der Waals surface area contributed by atoms with Gasteiger partial charge in [0.1, 0.15) is 17.4 Å². The minimum atomic E-state index is -0.813. The molecule has 2 heterocycles. The maximum absolute atomic E-state index is 13.6. The Morgan fingerprint density at radius 2 is 1.56 bits per heavy atom. The number of pyridine rings is 1. The molecule has 182 valence electrons. The average Bonchev–Trinajstić information content (AvgIpc) is 2.88. The van der Waals surface area contributed by atoms with Crippen molar-refractivity contribution in [2.75, 3.05) is 4.90 Å². The van der Waals surface area contributed by atoms with Crippen LogP contribution in [-0.4, -0.2) is 21.1 Å². The molecule has 1 saturated heterocycles. The summed E-state index contributed by atoms with van der Waals surface area (Å²) in [6.07, 6.45) is 2.69. The number of amides is 1. The zero-order chi connectivity index (χ0) is 25.2. The van der Waals surface area contributed by atoms with Crippen LogP contribution in [0, 0.1) is 17.6 Å². The lowest BCUT2D eigenvalue weighted by Crippen LogP contribution is -2.55. The lowest BCUT2D eigenvalue weighted by atomic mass is 9.78. The number of aromatic nitrogens is 1. The van der Waals surface area contributed by atoms with Crippen LogP contribution in [0.4, 0.5) is 14.5 Å². The maximum atomic E-state index is 13.6. The van der Waals surface area contributed by atoms with Gasteiger partial charge in [-0.1, -0.05) is 36.4 Å². The van der Waals surface area contributed by atoms with Crippen molar-refractivity contribution in [1.29, 1.82) is 0 Å². The number of phenolic OH excluding ortho intramolecular Hbond substituents is 1. The van der Waals surface area contributed by atoms with E-state index in [2.05, 4.69) is 4.98 Å². The number of β-lactam (4-membered cyclic amide) rings is 1. The molecule has 0 saturated carbocycles. The lowest BCUT2D eigenvalue weighted by molar-refractivity contribution is -0.131. The molecule has 5 rings (SSSR count). The van der Waals surface area contributed by atoms with Crippen molar-refractivity contribution in [2.45, 2.75) is 25.0 Å². The number of anilines is 1. The minimum Gasteiger partial charge on any atom is -0.508 e. The smallest absolute Gasteiger partial charge is 0.233 e. The van der Waals surface area contributed by atoms with E-state index in [0.717, 1.165) is 17.3 Å². The molecule has 7 heteroatoms. The quantitative estimate of drug-likeness (QED) is 0.317. The van der Waals surface area contributed by atoms with Gasteiger partial charge < -0.3 is 15.1 Å². The predicted molar refractivity (Wildman–Crippen MR) is 132 cm³/mol. The number of phenols is 1. The van der Waals surface area contributed by atoms with E-state index in [1.807, 2.05) is 24.3 Å². The fourth-order valence-electron chi connectivity index (χ4n) is 4.74. The van der Waals surface area contributed by atoms with Gasteiger partial charge in [0.15, 0.2) is 0 Å². The number of aliphatic hydroxyl groups excluding tert-OH is 1. The summed E-state index contributed by atoms with van der Waals surface area (Å²) in [4.78, 5) is 18.9. The minimum absolute atomic E-state index is 0.0699. The van der Waals surface area contributed by atoms with Gasteiger partial charge in [0.2, 0.25) is 5.91 Å². The van der Waals surface area contributed by atoms with Crippen molar-refractivity contribution in [3.8, 4) is 16.9 Å². The van der Waals surface area contributed by atoms with Gasteiger partial charge in [-0.3, -0.25) is 9.78 Å². The second-order valence-corrected chi connectivity index (χ2v) is 8.93. The van der Waals surface area contributed by atoms with E-state index in [9.17, 15) is 23.8 Å². The molecular weight excluding hydrogens is 462 g/mol. The number of halogens is 2. The third-order valence-corrected chi connectivity index (χ3v) is 6.64. The first kappa shape index (κ1) is 23.6. The second kappa shape index (κ2) is 9.87. The van der Waals surface area contributed by atoms with Gasteiger partial charge in [0, 0.05) is 17.4 Å². The van der Waals surface area contributed by atoms with Gasteiger partial charge in [-0.2, -0.15) is 0 Å². The molecule has 1 amide bonds. The standard InChI is InChI=1S/C29H24F2N2O3/c30-22-7-1-19(2-8-22)27(35)14-13-26-28(20-5-11-25(34)12-6-20)33(29(26)36)24-9-3-18(4-10-24)21-15-23(31)17-32-16-21/h1-12,15-17,26-28,34-35H,13-14H2/t26-,27+,28-/m1/s1. The molecule has 1 aromatic heterocycles. The highest BCUT2D eigenvalue weighted by molar-refractivity contribution is 6.03. The number of benzene rings is 3. The van der Waals surface area contributed by atoms with E-state index in [1.54, 1.807) is 47.5 Å². The predicted octanol–water partition coefficient (Wildman–Crippen LogP) is 5.95. The van der Waals surface area contributed by atoms with Crippen LogP contribution < -0.4 is 4.90 Å². The Labute approximate surface area is 207 Å². The molecule has 0 spiro atoms. The first-order chi connectivity index (χ1) is 17.4. The van der Waals surface area contributed by atoms with Gasteiger partial charge in [-0.05, 0) is 72.0 Å². The van der Waals surface area contributed by atoms with E-state index >= 15 is 0 Å². The molecule has 5 nitrogen and oxygen atoms in total. The van der Waals surface area contributed by atoms with E-state index in [0.29, 0.717) is 29.7 Å². The molecule has 4 aromatic rings. The molecule has 1 aliphatic heterocycles. The second-order valence-electron chi connectivity index (χ2n) is 8.93. The van der Waals surface area contributed by atoms with Crippen LogP contribution >= 0.6 is 0 Å². The summed E-state index contributed by atoms with van der Waals surface area (Å²) in [5.74, 6) is -1.10. The topological polar surface area (TPSA) is 73.7 Å². The summed E-state index contributed by atoms with van der Waals surface area (Å²) in [6.45, 7) is 0. The Balaban J connectivity index is 1.37. The molecule has 3 atom stereocenters. The largest absolute Gasteiger partial charge is 0.508 e. The van der Waals surface area contributed by atoms with Crippen molar-refractivity contribution < 1.29 is 23.8 Å². The zero-order valence-corrected chi connectivity index (χ0v) is 19.3. The fraction of sp³-hybridized carbons (Fsp3) is 0.172. The Kier molecular flexibility index (Phi) is 6.48. The molecule has 3 aromatic carbocycles. The van der Waals surface area contributed by atoms with Gasteiger partial charge >= 0.3 is 0 Å². The SMILES string of the molecule is O=C1[C@H](CC[C@H](O)c2ccc(F)cc2)[C@@H](c2ccc(O)cc2)N1c1ccc(-c2cncc(F)c2)cc1. The van der Waals surface area contributed by atoms with Crippen molar-refractivity contribution in [3.63, 3.8) is 0 Å². The average molecular weight is 487 g/mol. The Bertz CT molecular complexity index is 1360. The summed E-state index contributed by atoms with van der Waals surface area (Å²) in [5.41, 5.74) is 3.58. The highest BCUT2D eigenvalue weighted by atomic mass is 19.1. The van der Waals surface area contributed by atoms with Crippen molar-refractivity contribution in [1.82, 2.24) is 4.98 Å². The summed E-state index contributed by atoms with van der Waals surface area (Å²) >= 11 is 0. The van der Waals surface area contributed by atoms with Crippen LogP contribution in [0.3, 0.4) is 0 Å².